The van der Waals surface area contributed by atoms with E-state index >= 15 is 0 Å². The second-order valence-electron chi connectivity index (χ2n) is 11.5. The number of carbonyl (C=O) groups is 3. The molecule has 2 fully saturated rings. The normalized spacial score (nSPS) is 15.7. The van der Waals surface area contributed by atoms with E-state index in [4.69, 9.17) is 9.52 Å². The molecule has 0 saturated carbocycles. The van der Waals surface area contributed by atoms with E-state index in [1.165, 1.54) is 42.1 Å². The van der Waals surface area contributed by atoms with E-state index in [2.05, 4.69) is 20.6 Å². The minimum atomic E-state index is -4.90. The van der Waals surface area contributed by atoms with Gasteiger partial charge in [0.05, 0.1) is 17.4 Å². The highest BCUT2D eigenvalue weighted by Crippen LogP contribution is 2.36. The fraction of sp³-hybridized carbons (Fsp3) is 0.303. The number of piperidine rings is 1. The molecule has 2 saturated heterocycles. The van der Waals surface area contributed by atoms with E-state index in [1.54, 1.807) is 15.9 Å². The number of benzene rings is 2. The number of nitrogens with one attached hydrogen (secondary N) is 2. The molecule has 12 nitrogen and oxygen atoms in total. The number of rotatable bonds is 7. The molecular weight excluding hydrogens is 631 g/mol. The SMILES string of the molecule is O=C(O)c1ccc(NC(=O)N2CCN(c3ccc(NC(=O)c4oc(N5CCC(c6ccccc6)CC5)nc4C(F)(F)F)cn3)CC2)cc1. The first-order valence-electron chi connectivity index (χ1n) is 15.3. The van der Waals surface area contributed by atoms with Gasteiger partial charge in [-0.2, -0.15) is 18.2 Å². The smallest absolute Gasteiger partial charge is 0.437 e. The molecule has 0 radical (unpaired) electrons. The van der Waals surface area contributed by atoms with Gasteiger partial charge in [-0.1, -0.05) is 30.3 Å². The summed E-state index contributed by atoms with van der Waals surface area (Å²) >= 11 is 0. The van der Waals surface area contributed by atoms with Gasteiger partial charge in [-0.3, -0.25) is 4.79 Å². The number of amides is 3. The molecule has 2 aliphatic rings. The lowest BCUT2D eigenvalue weighted by Gasteiger charge is -2.35. The van der Waals surface area contributed by atoms with Gasteiger partial charge in [-0.25, -0.2) is 14.6 Å². The van der Waals surface area contributed by atoms with Crippen LogP contribution in [0.25, 0.3) is 0 Å². The highest BCUT2D eigenvalue weighted by atomic mass is 19.4. The summed E-state index contributed by atoms with van der Waals surface area (Å²) < 4.78 is 47.2. The third-order valence-electron chi connectivity index (χ3n) is 8.41. The molecule has 6 rings (SSSR count). The number of urea groups is 1. The minimum absolute atomic E-state index is 0.114. The number of anilines is 4. The van der Waals surface area contributed by atoms with Crippen molar-refractivity contribution in [2.75, 3.05) is 59.7 Å². The standard InChI is InChI=1S/C33H32F3N7O5/c34-33(35,36)28-27(48-32(40-28)43-14-12-22(13-15-43)21-4-2-1-3-5-21)29(44)38-25-10-11-26(37-20-25)41-16-18-42(19-17-41)31(47)39-24-8-6-23(7-9-24)30(45)46/h1-11,20,22H,12-19H2,(H,38,44)(H,39,47)(H,45,46). The predicted molar refractivity (Wildman–Crippen MR) is 171 cm³/mol. The zero-order valence-corrected chi connectivity index (χ0v) is 25.6. The van der Waals surface area contributed by atoms with Gasteiger partial charge in [0.1, 0.15) is 5.82 Å². The number of carboxylic acids is 1. The summed E-state index contributed by atoms with van der Waals surface area (Å²) in [6.45, 7) is 2.57. The Bertz CT molecular complexity index is 1750. The van der Waals surface area contributed by atoms with Gasteiger partial charge in [0.25, 0.3) is 11.9 Å². The number of carboxylic acid groups (broad SMARTS) is 1. The van der Waals surface area contributed by atoms with E-state index in [0.717, 1.165) is 0 Å². The van der Waals surface area contributed by atoms with Gasteiger partial charge in [-0.15, -0.1) is 0 Å². The number of halogens is 3. The third kappa shape index (κ3) is 7.35. The summed E-state index contributed by atoms with van der Waals surface area (Å²) in [6, 6.07) is 18.4. The summed E-state index contributed by atoms with van der Waals surface area (Å²) in [7, 11) is 0. The maximum absolute atomic E-state index is 13.9. The summed E-state index contributed by atoms with van der Waals surface area (Å²) in [6.07, 6.45) is -2.14. The molecule has 0 aliphatic carbocycles. The Morgan fingerprint density at radius 2 is 1.48 bits per heavy atom. The Labute approximate surface area is 273 Å². The number of oxazole rings is 1. The van der Waals surface area contributed by atoms with Crippen molar-refractivity contribution >= 4 is 41.1 Å². The number of piperazine rings is 1. The van der Waals surface area contributed by atoms with Gasteiger partial charge < -0.3 is 34.9 Å². The number of aromatic nitrogens is 2. The van der Waals surface area contributed by atoms with Crippen LogP contribution in [0.2, 0.25) is 0 Å². The van der Waals surface area contributed by atoms with Gasteiger partial charge >= 0.3 is 18.2 Å². The lowest BCUT2D eigenvalue weighted by atomic mass is 9.90. The van der Waals surface area contributed by atoms with E-state index in [1.807, 2.05) is 35.2 Å². The van der Waals surface area contributed by atoms with Crippen molar-refractivity contribution in [3.63, 3.8) is 0 Å². The van der Waals surface area contributed by atoms with Crippen LogP contribution in [0.15, 0.2) is 77.3 Å². The van der Waals surface area contributed by atoms with Crippen LogP contribution < -0.4 is 20.4 Å². The van der Waals surface area contributed by atoms with Crippen molar-refractivity contribution in [3.8, 4) is 0 Å². The molecule has 2 aliphatic heterocycles. The van der Waals surface area contributed by atoms with Crippen LogP contribution in [-0.2, 0) is 6.18 Å². The summed E-state index contributed by atoms with van der Waals surface area (Å²) in [5.74, 6) is -2.23. The molecule has 15 heteroatoms. The average Bonchev–Trinajstić information content (AvgIpc) is 3.57. The van der Waals surface area contributed by atoms with E-state index in [-0.39, 0.29) is 29.2 Å². The van der Waals surface area contributed by atoms with E-state index in [0.29, 0.717) is 63.6 Å². The summed E-state index contributed by atoms with van der Waals surface area (Å²) in [5.41, 5.74) is 0.547. The Morgan fingerprint density at radius 1 is 0.812 bits per heavy atom. The first-order chi connectivity index (χ1) is 23.0. The van der Waals surface area contributed by atoms with Crippen LogP contribution in [-0.4, -0.2) is 77.2 Å². The van der Waals surface area contributed by atoms with Crippen molar-refractivity contribution < 1.29 is 37.1 Å². The summed E-state index contributed by atoms with van der Waals surface area (Å²) in [5, 5.41) is 14.2. The monoisotopic (exact) mass is 663 g/mol. The first-order valence-corrected chi connectivity index (χ1v) is 15.3. The highest BCUT2D eigenvalue weighted by molar-refractivity contribution is 6.03. The molecule has 48 heavy (non-hydrogen) atoms. The van der Waals surface area contributed by atoms with Crippen LogP contribution >= 0.6 is 0 Å². The molecule has 0 atom stereocenters. The van der Waals surface area contributed by atoms with Gasteiger partial charge in [-0.05, 0) is 60.7 Å². The Kier molecular flexibility index (Phi) is 9.19. The van der Waals surface area contributed by atoms with Crippen LogP contribution in [0, 0.1) is 0 Å². The van der Waals surface area contributed by atoms with Gasteiger partial charge in [0.2, 0.25) is 5.76 Å². The first kappa shape index (κ1) is 32.3. The maximum Gasteiger partial charge on any atom is 0.437 e. The van der Waals surface area contributed by atoms with Crippen molar-refractivity contribution in [1.82, 2.24) is 14.9 Å². The van der Waals surface area contributed by atoms with Crippen molar-refractivity contribution in [3.05, 3.63) is 95.5 Å². The topological polar surface area (TPSA) is 144 Å². The molecule has 4 heterocycles. The predicted octanol–water partition coefficient (Wildman–Crippen LogP) is 5.78. The summed E-state index contributed by atoms with van der Waals surface area (Å²) in [4.78, 5) is 49.9. The zero-order chi connectivity index (χ0) is 33.8. The molecule has 0 spiro atoms. The van der Waals surface area contributed by atoms with Gasteiger partial charge in [0.15, 0.2) is 5.69 Å². The largest absolute Gasteiger partial charge is 0.478 e. The number of aromatic carboxylic acids is 1. The van der Waals surface area contributed by atoms with Crippen molar-refractivity contribution in [1.29, 1.82) is 0 Å². The number of pyridine rings is 1. The molecule has 3 amide bonds. The lowest BCUT2D eigenvalue weighted by molar-refractivity contribution is -0.141. The van der Waals surface area contributed by atoms with E-state index in [9.17, 15) is 27.6 Å². The fourth-order valence-corrected chi connectivity index (χ4v) is 5.79. The molecular formula is C33H32F3N7O5. The number of carbonyl (C=O) groups excluding carboxylic acids is 2. The molecule has 2 aromatic carbocycles. The fourth-order valence-electron chi connectivity index (χ4n) is 5.79. The number of nitrogens with zero attached hydrogens (tertiary/aromatic N) is 5. The molecule has 3 N–H and O–H groups in total. The molecule has 250 valence electrons. The average molecular weight is 664 g/mol. The number of hydrogen-bond acceptors (Lipinski definition) is 8. The van der Waals surface area contributed by atoms with Crippen LogP contribution in [0.3, 0.4) is 0 Å². The van der Waals surface area contributed by atoms with Crippen LogP contribution in [0.4, 0.5) is 41.2 Å². The second-order valence-corrected chi connectivity index (χ2v) is 11.5. The Hall–Kier alpha value is -5.60. The Balaban J connectivity index is 1.04. The van der Waals surface area contributed by atoms with Crippen LogP contribution in [0.5, 0.6) is 0 Å². The Morgan fingerprint density at radius 3 is 2.08 bits per heavy atom. The second kappa shape index (κ2) is 13.6. The molecule has 0 unspecified atom stereocenters. The highest BCUT2D eigenvalue weighted by Gasteiger charge is 2.42. The number of hydrogen-bond donors (Lipinski definition) is 3. The molecule has 0 bridgehead atoms. The van der Waals surface area contributed by atoms with Crippen molar-refractivity contribution in [2.45, 2.75) is 24.9 Å². The number of alkyl halides is 3. The molecule has 4 aromatic rings. The third-order valence-corrected chi connectivity index (χ3v) is 8.41. The maximum atomic E-state index is 13.9. The van der Waals surface area contributed by atoms with Gasteiger partial charge in [0, 0.05) is 45.0 Å². The quantitative estimate of drug-likeness (QED) is 0.224. The van der Waals surface area contributed by atoms with Crippen molar-refractivity contribution in [2.24, 2.45) is 0 Å². The minimum Gasteiger partial charge on any atom is -0.478 e. The van der Waals surface area contributed by atoms with E-state index < -0.39 is 29.5 Å². The zero-order valence-electron chi connectivity index (χ0n) is 25.6. The lowest BCUT2D eigenvalue weighted by Crippen LogP contribution is -2.50. The van der Waals surface area contributed by atoms with Crippen LogP contribution in [0.1, 0.15) is 50.9 Å². The molecule has 2 aromatic heterocycles.